The van der Waals surface area contributed by atoms with Crippen molar-refractivity contribution >= 4 is 30.3 Å². The van der Waals surface area contributed by atoms with Gasteiger partial charge >= 0.3 is 6.72 Å². The third-order valence-corrected chi connectivity index (χ3v) is 5.18. The van der Waals surface area contributed by atoms with Crippen LogP contribution in [0.1, 0.15) is 5.56 Å². The molecule has 1 aromatic carbocycles. The molecule has 92 valence electrons. The van der Waals surface area contributed by atoms with Gasteiger partial charge in [0.05, 0.1) is 0 Å². The normalized spacial score (nSPS) is 10.9. The van der Waals surface area contributed by atoms with Crippen LogP contribution in [0.3, 0.4) is 0 Å². The Bertz CT molecular complexity index is 479. The molecular weight excluding hydrogens is 277 g/mol. The Morgan fingerprint density at radius 3 is 2.47 bits per heavy atom. The van der Waals surface area contributed by atoms with Crippen molar-refractivity contribution in [1.82, 2.24) is 0 Å². The number of thioether (sulfide) groups is 1. The van der Waals surface area contributed by atoms with Crippen molar-refractivity contribution in [2.24, 2.45) is 0 Å². The van der Waals surface area contributed by atoms with E-state index in [-0.39, 0.29) is 0 Å². The molecule has 0 fully saturated rings. The molecule has 0 unspecified atom stereocenters. The first-order valence-corrected chi connectivity index (χ1v) is 7.99. The monoisotopic (exact) mass is 289 g/mol. The van der Waals surface area contributed by atoms with Crippen molar-refractivity contribution in [3.63, 3.8) is 0 Å². The lowest BCUT2D eigenvalue weighted by molar-refractivity contribution is 0.273. The van der Waals surface area contributed by atoms with Gasteiger partial charge in [0.15, 0.2) is 0 Å². The van der Waals surface area contributed by atoms with Crippen molar-refractivity contribution in [2.75, 3.05) is 14.2 Å². The summed E-state index contributed by atoms with van der Waals surface area (Å²) < 4.78 is 15.6. The first-order valence-electron chi connectivity index (χ1n) is 4.62. The van der Waals surface area contributed by atoms with Crippen LogP contribution in [-0.4, -0.2) is 14.2 Å². The molecule has 0 aliphatic carbocycles. The summed E-state index contributed by atoms with van der Waals surface area (Å²) in [6.07, 6.45) is 0. The summed E-state index contributed by atoms with van der Waals surface area (Å²) in [6, 6.07) is 5.36. The number of nitriles is 1. The van der Waals surface area contributed by atoms with E-state index in [2.05, 4.69) is 0 Å². The Hall–Kier alpha value is -0.570. The zero-order valence-electron chi connectivity index (χ0n) is 9.67. The van der Waals surface area contributed by atoms with E-state index in [4.69, 9.17) is 30.6 Å². The minimum atomic E-state index is -2.69. The average Bonchev–Trinajstić information content (AvgIpc) is 2.33. The van der Waals surface area contributed by atoms with E-state index >= 15 is 0 Å². The molecule has 0 radical (unpaired) electrons. The highest BCUT2D eigenvalue weighted by Gasteiger charge is 2.18. The molecule has 0 aliphatic heterocycles. The number of thiocyanates is 1. The predicted octanol–water partition coefficient (Wildman–Crippen LogP) is 3.46. The van der Waals surface area contributed by atoms with Crippen molar-refractivity contribution in [3.05, 3.63) is 23.8 Å². The molecule has 0 bridgehead atoms. The maximum Gasteiger partial charge on any atom is 0.380 e. The molecule has 0 heterocycles. The molecule has 0 saturated carbocycles. The zero-order chi connectivity index (χ0) is 12.9. The molecule has 0 aliphatic rings. The number of hydrogen-bond acceptors (Lipinski definition) is 6. The van der Waals surface area contributed by atoms with Gasteiger partial charge in [0.2, 0.25) is 0 Å². The Morgan fingerprint density at radius 1 is 1.35 bits per heavy atom. The number of rotatable bonds is 5. The van der Waals surface area contributed by atoms with Gasteiger partial charge in [-0.15, -0.1) is 0 Å². The third-order valence-electron chi connectivity index (χ3n) is 1.97. The first-order chi connectivity index (χ1) is 8.04. The number of hydrogen-bond donors (Lipinski definition) is 0. The lowest BCUT2D eigenvalue weighted by Gasteiger charge is -2.18. The van der Waals surface area contributed by atoms with Gasteiger partial charge < -0.3 is 13.6 Å². The van der Waals surface area contributed by atoms with Gasteiger partial charge in [0.25, 0.3) is 0 Å². The van der Waals surface area contributed by atoms with Crippen LogP contribution in [0.5, 0.6) is 5.75 Å². The molecule has 0 amide bonds. The van der Waals surface area contributed by atoms with E-state index in [0.29, 0.717) is 5.75 Å². The maximum atomic E-state index is 8.61. The third kappa shape index (κ3) is 3.98. The summed E-state index contributed by atoms with van der Waals surface area (Å²) in [5.41, 5.74) is 0.947. The average molecular weight is 289 g/mol. The molecule has 4 nitrogen and oxygen atoms in total. The summed E-state index contributed by atoms with van der Waals surface area (Å²) in [5, 5.41) is 10.6. The second kappa shape index (κ2) is 6.39. The zero-order valence-corrected chi connectivity index (χ0v) is 12.2. The molecule has 0 N–H and O–H groups in total. The van der Waals surface area contributed by atoms with Crippen LogP contribution in [0.25, 0.3) is 0 Å². The molecule has 0 aromatic heterocycles. The van der Waals surface area contributed by atoms with Gasteiger partial charge in [-0.2, -0.15) is 5.26 Å². The summed E-state index contributed by atoms with van der Waals surface area (Å²) in [7, 11) is 2.91. The smallest absolute Gasteiger partial charge is 0.380 e. The number of aryl methyl sites for hydroxylation is 1. The Kier molecular flexibility index (Phi) is 5.44. The fourth-order valence-corrected chi connectivity index (χ4v) is 2.50. The molecule has 0 saturated heterocycles. The highest BCUT2D eigenvalue weighted by atomic mass is 32.5. The van der Waals surface area contributed by atoms with Crippen LogP contribution in [0.2, 0.25) is 0 Å². The van der Waals surface area contributed by atoms with E-state index in [1.54, 1.807) is 12.1 Å². The van der Waals surface area contributed by atoms with Crippen molar-refractivity contribution in [2.45, 2.75) is 11.8 Å². The molecular formula is C10H12NO3PS2. The molecule has 0 spiro atoms. The summed E-state index contributed by atoms with van der Waals surface area (Å²) >= 11 is 6.21. The fourth-order valence-electron chi connectivity index (χ4n) is 1.12. The quantitative estimate of drug-likeness (QED) is 0.470. The van der Waals surface area contributed by atoms with E-state index in [0.717, 1.165) is 22.2 Å². The van der Waals surface area contributed by atoms with Crippen molar-refractivity contribution in [1.29, 1.82) is 5.26 Å². The lowest BCUT2D eigenvalue weighted by atomic mass is 10.2. The van der Waals surface area contributed by atoms with Crippen LogP contribution in [0, 0.1) is 17.6 Å². The van der Waals surface area contributed by atoms with Crippen LogP contribution in [-0.2, 0) is 20.9 Å². The van der Waals surface area contributed by atoms with Crippen LogP contribution >= 0.6 is 18.5 Å². The van der Waals surface area contributed by atoms with E-state index < -0.39 is 6.72 Å². The number of benzene rings is 1. The maximum absolute atomic E-state index is 8.61. The lowest BCUT2D eigenvalue weighted by Crippen LogP contribution is -1.97. The van der Waals surface area contributed by atoms with Gasteiger partial charge in [0.1, 0.15) is 11.2 Å². The minimum Gasteiger partial charge on any atom is -0.424 e. The Labute approximate surface area is 110 Å². The van der Waals surface area contributed by atoms with E-state index in [9.17, 15) is 0 Å². The van der Waals surface area contributed by atoms with E-state index in [1.165, 1.54) is 14.2 Å². The van der Waals surface area contributed by atoms with Gasteiger partial charge in [-0.05, 0) is 42.4 Å². The molecule has 17 heavy (non-hydrogen) atoms. The van der Waals surface area contributed by atoms with Gasteiger partial charge in [0, 0.05) is 30.9 Å². The molecule has 0 atom stereocenters. The van der Waals surface area contributed by atoms with Crippen LogP contribution < -0.4 is 4.52 Å². The molecule has 1 aromatic rings. The fraction of sp³-hybridized carbons (Fsp3) is 0.300. The summed E-state index contributed by atoms with van der Waals surface area (Å²) in [4.78, 5) is 0.892. The van der Waals surface area contributed by atoms with Gasteiger partial charge in [-0.25, -0.2) is 0 Å². The predicted molar refractivity (Wildman–Crippen MR) is 71.6 cm³/mol. The van der Waals surface area contributed by atoms with Crippen molar-refractivity contribution < 1.29 is 13.6 Å². The summed E-state index contributed by atoms with van der Waals surface area (Å²) in [6.45, 7) is -0.793. The summed E-state index contributed by atoms with van der Waals surface area (Å²) in [5.74, 6) is 0.580. The van der Waals surface area contributed by atoms with Gasteiger partial charge in [-0.1, -0.05) is 0 Å². The van der Waals surface area contributed by atoms with Crippen LogP contribution in [0.15, 0.2) is 23.1 Å². The topological polar surface area (TPSA) is 51.5 Å². The van der Waals surface area contributed by atoms with Gasteiger partial charge in [-0.3, -0.25) is 0 Å². The van der Waals surface area contributed by atoms with E-state index in [1.807, 2.05) is 18.4 Å². The second-order valence-corrected chi connectivity index (χ2v) is 7.00. The second-order valence-electron chi connectivity index (χ2n) is 3.02. The highest BCUT2D eigenvalue weighted by molar-refractivity contribution is 8.07. The Morgan fingerprint density at radius 2 is 2.00 bits per heavy atom. The largest absolute Gasteiger partial charge is 0.424 e. The number of nitrogens with zero attached hydrogens (tertiary/aromatic N) is 1. The minimum absolute atomic E-state index is 0.580. The van der Waals surface area contributed by atoms with Crippen LogP contribution in [0.4, 0.5) is 0 Å². The van der Waals surface area contributed by atoms with Crippen molar-refractivity contribution in [3.8, 4) is 11.2 Å². The molecule has 7 heteroatoms. The standard InChI is InChI=1S/C10H12NO3PS2/c1-8-6-9(4-5-10(8)17-7-11)14-15(16,12-2)13-3/h4-6H,1-3H3. The first kappa shape index (κ1) is 14.5. The highest BCUT2D eigenvalue weighted by Crippen LogP contribution is 2.48. The Balaban J connectivity index is 2.92. The SMILES string of the molecule is COP(=S)(OC)Oc1ccc(SC#N)c(C)c1. The molecule has 1 rings (SSSR count).